The zero-order valence-corrected chi connectivity index (χ0v) is 13.2. The minimum atomic E-state index is -4.38. The van der Waals surface area contributed by atoms with Crippen molar-refractivity contribution in [1.29, 1.82) is 0 Å². The number of ether oxygens (including phenoxy) is 1. The lowest BCUT2D eigenvalue weighted by molar-refractivity contribution is -0.137. The molecular weight excluding hydrogens is 323 g/mol. The highest BCUT2D eigenvalue weighted by molar-refractivity contribution is 5.78. The van der Waals surface area contributed by atoms with E-state index in [0.717, 1.165) is 12.1 Å². The molecule has 4 nitrogen and oxygen atoms in total. The number of amides is 1. The van der Waals surface area contributed by atoms with Gasteiger partial charge in [-0.15, -0.1) is 0 Å². The summed E-state index contributed by atoms with van der Waals surface area (Å²) >= 11 is 0. The number of halogens is 3. The molecule has 7 heteroatoms. The quantitative estimate of drug-likeness (QED) is 0.774. The second-order valence-corrected chi connectivity index (χ2v) is 5.26. The van der Waals surface area contributed by atoms with Crippen LogP contribution in [0.25, 0.3) is 0 Å². The molecule has 0 N–H and O–H groups in total. The standard InChI is InChI=1S/C17H18F3NO3/c1-23-10-8-21(12-15-3-2-9-24-15)16(22)11-13-4-6-14(7-5-13)17(18,19)20/h2-7,9H,8,10-12H2,1H3. The van der Waals surface area contributed by atoms with E-state index in [0.29, 0.717) is 24.5 Å². The van der Waals surface area contributed by atoms with Gasteiger partial charge in [-0.3, -0.25) is 4.79 Å². The molecule has 1 heterocycles. The van der Waals surface area contributed by atoms with Gasteiger partial charge in [0.25, 0.3) is 0 Å². The highest BCUT2D eigenvalue weighted by atomic mass is 19.4. The predicted octanol–water partition coefficient (Wildman–Crippen LogP) is 3.52. The van der Waals surface area contributed by atoms with Crippen molar-refractivity contribution in [2.45, 2.75) is 19.1 Å². The van der Waals surface area contributed by atoms with E-state index < -0.39 is 11.7 Å². The van der Waals surface area contributed by atoms with Gasteiger partial charge in [-0.2, -0.15) is 13.2 Å². The lowest BCUT2D eigenvalue weighted by Crippen LogP contribution is -2.34. The molecule has 0 aliphatic heterocycles. The Labute approximate surface area is 137 Å². The molecule has 0 saturated carbocycles. The second-order valence-electron chi connectivity index (χ2n) is 5.26. The van der Waals surface area contributed by atoms with Gasteiger partial charge in [0.2, 0.25) is 5.91 Å². The Morgan fingerprint density at radius 3 is 2.46 bits per heavy atom. The summed E-state index contributed by atoms with van der Waals surface area (Å²) < 4.78 is 47.9. The van der Waals surface area contributed by atoms with Crippen LogP contribution in [0.3, 0.4) is 0 Å². The van der Waals surface area contributed by atoms with E-state index in [2.05, 4.69) is 0 Å². The van der Waals surface area contributed by atoms with Crippen molar-refractivity contribution < 1.29 is 27.1 Å². The molecule has 0 aliphatic rings. The maximum absolute atomic E-state index is 12.6. The number of alkyl halides is 3. The van der Waals surface area contributed by atoms with Crippen molar-refractivity contribution in [3.8, 4) is 0 Å². The first-order valence-electron chi connectivity index (χ1n) is 7.35. The molecule has 1 aromatic carbocycles. The molecule has 0 aliphatic carbocycles. The summed E-state index contributed by atoms with van der Waals surface area (Å²) in [5.74, 6) is 0.426. The Hall–Kier alpha value is -2.28. The molecule has 0 unspecified atom stereocenters. The molecule has 1 amide bonds. The van der Waals surface area contributed by atoms with Crippen LogP contribution in [0.5, 0.6) is 0 Å². The van der Waals surface area contributed by atoms with Gasteiger partial charge in [-0.25, -0.2) is 0 Å². The highest BCUT2D eigenvalue weighted by Gasteiger charge is 2.30. The van der Waals surface area contributed by atoms with Crippen molar-refractivity contribution in [3.63, 3.8) is 0 Å². The van der Waals surface area contributed by atoms with Crippen LogP contribution in [0.1, 0.15) is 16.9 Å². The van der Waals surface area contributed by atoms with Crippen LogP contribution in [0.4, 0.5) is 13.2 Å². The largest absolute Gasteiger partial charge is 0.467 e. The Kier molecular flexibility index (Phi) is 6.03. The molecule has 24 heavy (non-hydrogen) atoms. The highest BCUT2D eigenvalue weighted by Crippen LogP contribution is 2.29. The normalized spacial score (nSPS) is 11.5. The summed E-state index contributed by atoms with van der Waals surface area (Å²) in [6.45, 7) is 1.02. The fourth-order valence-corrected chi connectivity index (χ4v) is 2.18. The van der Waals surface area contributed by atoms with Crippen LogP contribution in [0.15, 0.2) is 47.1 Å². The van der Waals surface area contributed by atoms with E-state index in [1.54, 1.807) is 17.0 Å². The molecule has 0 atom stereocenters. The van der Waals surface area contributed by atoms with Crippen LogP contribution >= 0.6 is 0 Å². The monoisotopic (exact) mass is 341 g/mol. The summed E-state index contributed by atoms with van der Waals surface area (Å²) in [5.41, 5.74) is -0.208. The summed E-state index contributed by atoms with van der Waals surface area (Å²) in [4.78, 5) is 14.0. The molecule has 1 aromatic heterocycles. The number of hydrogen-bond donors (Lipinski definition) is 0. The van der Waals surface area contributed by atoms with Crippen LogP contribution in [-0.2, 0) is 28.7 Å². The number of benzene rings is 1. The maximum atomic E-state index is 12.6. The fraction of sp³-hybridized carbons (Fsp3) is 0.353. The lowest BCUT2D eigenvalue weighted by atomic mass is 10.1. The van der Waals surface area contributed by atoms with Gasteiger partial charge in [0, 0.05) is 13.7 Å². The van der Waals surface area contributed by atoms with Crippen LogP contribution in [0, 0.1) is 0 Å². The van der Waals surface area contributed by atoms with E-state index in [1.165, 1.54) is 25.5 Å². The van der Waals surface area contributed by atoms with E-state index >= 15 is 0 Å². The van der Waals surface area contributed by atoms with Gasteiger partial charge in [0.1, 0.15) is 5.76 Å². The second kappa shape index (κ2) is 8.01. The van der Waals surface area contributed by atoms with E-state index in [1.807, 2.05) is 0 Å². The Morgan fingerprint density at radius 1 is 1.21 bits per heavy atom. The zero-order chi connectivity index (χ0) is 17.6. The number of rotatable bonds is 7. The van der Waals surface area contributed by atoms with Crippen LogP contribution in [0.2, 0.25) is 0 Å². The molecule has 130 valence electrons. The molecule has 0 bridgehead atoms. The number of nitrogens with zero attached hydrogens (tertiary/aromatic N) is 1. The topological polar surface area (TPSA) is 42.7 Å². The van der Waals surface area contributed by atoms with E-state index in [4.69, 9.17) is 9.15 Å². The van der Waals surface area contributed by atoms with Gasteiger partial charge in [0.05, 0.1) is 31.4 Å². The SMILES string of the molecule is COCCN(Cc1ccco1)C(=O)Cc1ccc(C(F)(F)F)cc1. The summed E-state index contributed by atoms with van der Waals surface area (Å²) in [6, 6.07) is 8.09. The van der Waals surface area contributed by atoms with E-state index in [-0.39, 0.29) is 18.9 Å². The average Bonchev–Trinajstić information content (AvgIpc) is 3.04. The molecule has 2 rings (SSSR count). The van der Waals surface area contributed by atoms with Crippen molar-refractivity contribution >= 4 is 5.91 Å². The maximum Gasteiger partial charge on any atom is 0.416 e. The molecule has 0 saturated heterocycles. The molecule has 0 spiro atoms. The Bertz CT molecular complexity index is 636. The van der Waals surface area contributed by atoms with Crippen LogP contribution < -0.4 is 0 Å². The molecule has 0 fully saturated rings. The summed E-state index contributed by atoms with van der Waals surface area (Å²) in [5, 5.41) is 0. The van der Waals surface area contributed by atoms with Crippen molar-refractivity contribution in [1.82, 2.24) is 4.90 Å². The first-order chi connectivity index (χ1) is 11.4. The smallest absolute Gasteiger partial charge is 0.416 e. The summed E-state index contributed by atoms with van der Waals surface area (Å²) in [6.07, 6.45) is -2.85. The van der Waals surface area contributed by atoms with Crippen molar-refractivity contribution in [2.24, 2.45) is 0 Å². The Morgan fingerprint density at radius 2 is 1.92 bits per heavy atom. The van der Waals surface area contributed by atoms with Crippen molar-refractivity contribution in [2.75, 3.05) is 20.3 Å². The lowest BCUT2D eigenvalue weighted by Gasteiger charge is -2.21. The third kappa shape index (κ3) is 5.13. The average molecular weight is 341 g/mol. The number of carbonyl (C=O) groups is 1. The van der Waals surface area contributed by atoms with Gasteiger partial charge in [0.15, 0.2) is 0 Å². The third-order valence-corrected chi connectivity index (χ3v) is 3.48. The van der Waals surface area contributed by atoms with Gasteiger partial charge in [-0.05, 0) is 29.8 Å². The van der Waals surface area contributed by atoms with Gasteiger partial charge < -0.3 is 14.1 Å². The number of carbonyl (C=O) groups excluding carboxylic acids is 1. The first-order valence-corrected chi connectivity index (χ1v) is 7.35. The number of methoxy groups -OCH3 is 1. The minimum Gasteiger partial charge on any atom is -0.467 e. The van der Waals surface area contributed by atoms with Gasteiger partial charge >= 0.3 is 6.18 Å². The number of furan rings is 1. The number of hydrogen-bond acceptors (Lipinski definition) is 3. The van der Waals surface area contributed by atoms with Gasteiger partial charge in [-0.1, -0.05) is 12.1 Å². The molecular formula is C17H18F3NO3. The first kappa shape index (κ1) is 18.1. The Balaban J connectivity index is 2.03. The fourth-order valence-electron chi connectivity index (χ4n) is 2.18. The molecule has 2 aromatic rings. The third-order valence-electron chi connectivity index (χ3n) is 3.48. The zero-order valence-electron chi connectivity index (χ0n) is 13.2. The minimum absolute atomic E-state index is 0.0164. The van der Waals surface area contributed by atoms with Crippen molar-refractivity contribution in [3.05, 3.63) is 59.5 Å². The van der Waals surface area contributed by atoms with Crippen LogP contribution in [-0.4, -0.2) is 31.1 Å². The van der Waals surface area contributed by atoms with E-state index in [9.17, 15) is 18.0 Å². The predicted molar refractivity (Wildman–Crippen MR) is 81.1 cm³/mol. The summed E-state index contributed by atoms with van der Waals surface area (Å²) in [7, 11) is 1.53. The molecule has 0 radical (unpaired) electrons.